The lowest BCUT2D eigenvalue weighted by Crippen LogP contribution is -3.00. The van der Waals surface area contributed by atoms with Crippen molar-refractivity contribution in [2.75, 3.05) is 53.4 Å². The minimum absolute atomic E-state index is 0. The van der Waals surface area contributed by atoms with Crippen LogP contribution in [0, 0.1) is 0 Å². The van der Waals surface area contributed by atoms with E-state index in [-0.39, 0.29) is 17.0 Å². The number of likely N-dealkylation sites (tertiary alicyclic amines) is 2. The number of hydrogen-bond acceptors (Lipinski definition) is 0. The number of nitrogens with zero attached hydrogens (tertiary/aromatic N) is 2. The summed E-state index contributed by atoms with van der Waals surface area (Å²) < 4.78 is 2.71. The molecule has 0 saturated carbocycles. The van der Waals surface area contributed by atoms with Crippen LogP contribution in [-0.2, 0) is 0 Å². The first-order chi connectivity index (χ1) is 6.62. The molecule has 0 amide bonds. The summed E-state index contributed by atoms with van der Waals surface area (Å²) in [4.78, 5) is 0. The van der Waals surface area contributed by atoms with Crippen molar-refractivity contribution in [3.63, 3.8) is 0 Å². The maximum Gasteiger partial charge on any atom is 0.128 e. The molecule has 2 nitrogen and oxygen atoms in total. The molecule has 0 spiro atoms. The van der Waals surface area contributed by atoms with Gasteiger partial charge in [-0.3, -0.25) is 0 Å². The Labute approximate surface area is 105 Å². The average Bonchev–Trinajstić information content (AvgIpc) is 2.74. The molecule has 2 aliphatic heterocycles. The van der Waals surface area contributed by atoms with Crippen LogP contribution in [0.25, 0.3) is 0 Å². The number of quaternary nitrogens is 2. The molecule has 2 aliphatic rings. The van der Waals surface area contributed by atoms with E-state index in [0.29, 0.717) is 0 Å². The van der Waals surface area contributed by atoms with E-state index in [0.717, 1.165) is 0 Å². The zero-order chi connectivity index (χ0) is 10.1. The molecular weight excluding hydrogens is 252 g/mol. The fourth-order valence-electron chi connectivity index (χ4n) is 3.13. The third-order valence-electron chi connectivity index (χ3n) is 4.47. The maximum atomic E-state index is 2.45. The Morgan fingerprint density at radius 2 is 0.933 bits per heavy atom. The van der Waals surface area contributed by atoms with Crippen molar-refractivity contribution >= 4 is 0 Å². The predicted molar refractivity (Wildman–Crippen MR) is 60.0 cm³/mol. The van der Waals surface area contributed by atoms with Gasteiger partial charge in [-0.15, -0.1) is 0 Å². The Kier molecular flexibility index (Phi) is 4.63. The molecule has 2 heterocycles. The lowest BCUT2D eigenvalue weighted by molar-refractivity contribution is -0.952. The van der Waals surface area contributed by atoms with Gasteiger partial charge in [-0.25, -0.2) is 0 Å². The first-order valence-corrected chi connectivity index (χ1v) is 6.29. The van der Waals surface area contributed by atoms with E-state index in [4.69, 9.17) is 0 Å². The Balaban J connectivity index is 0.00000112. The van der Waals surface area contributed by atoms with Crippen LogP contribution in [0.2, 0.25) is 0 Å². The highest BCUT2D eigenvalue weighted by Gasteiger charge is 2.33. The van der Waals surface area contributed by atoms with E-state index in [1.807, 2.05) is 0 Å². The quantitative estimate of drug-likeness (QED) is 0.550. The standard InChI is InChI=1S/C12H26N2.BrH/c1-13(7-3-4-8-13)11-12-14(2)9-5-6-10-14;/h3-12H2,1-2H3;1H/q+2;/p-1. The van der Waals surface area contributed by atoms with Crippen molar-refractivity contribution < 1.29 is 25.9 Å². The van der Waals surface area contributed by atoms with Crippen LogP contribution in [-0.4, -0.2) is 62.3 Å². The summed E-state index contributed by atoms with van der Waals surface area (Å²) in [6.45, 7) is 8.55. The van der Waals surface area contributed by atoms with Crippen LogP contribution in [0.3, 0.4) is 0 Å². The van der Waals surface area contributed by atoms with Gasteiger partial charge in [0, 0.05) is 25.7 Å². The van der Waals surface area contributed by atoms with Gasteiger partial charge in [-0.2, -0.15) is 0 Å². The topological polar surface area (TPSA) is 0 Å². The van der Waals surface area contributed by atoms with Crippen molar-refractivity contribution in [1.29, 1.82) is 0 Å². The van der Waals surface area contributed by atoms with Crippen molar-refractivity contribution in [1.82, 2.24) is 0 Å². The molecule has 0 aliphatic carbocycles. The fraction of sp³-hybridized carbons (Fsp3) is 1.00. The van der Waals surface area contributed by atoms with Gasteiger partial charge >= 0.3 is 0 Å². The van der Waals surface area contributed by atoms with Gasteiger partial charge in [0.1, 0.15) is 13.1 Å². The molecular formula is C12H26BrN2+. The highest BCUT2D eigenvalue weighted by molar-refractivity contribution is 4.55. The number of hydrogen-bond donors (Lipinski definition) is 0. The molecule has 0 N–H and O–H groups in total. The largest absolute Gasteiger partial charge is 1.00 e. The van der Waals surface area contributed by atoms with E-state index in [1.54, 1.807) is 0 Å². The molecule has 0 radical (unpaired) electrons. The van der Waals surface area contributed by atoms with Crippen molar-refractivity contribution in [2.45, 2.75) is 25.7 Å². The van der Waals surface area contributed by atoms with Gasteiger partial charge in [0.25, 0.3) is 0 Å². The fourth-order valence-corrected chi connectivity index (χ4v) is 3.13. The molecule has 2 saturated heterocycles. The molecule has 0 atom stereocenters. The molecule has 3 heteroatoms. The van der Waals surface area contributed by atoms with Gasteiger partial charge in [0.2, 0.25) is 0 Å². The summed E-state index contributed by atoms with van der Waals surface area (Å²) in [5.74, 6) is 0. The van der Waals surface area contributed by atoms with E-state index in [2.05, 4.69) is 14.1 Å². The van der Waals surface area contributed by atoms with Crippen LogP contribution >= 0.6 is 0 Å². The van der Waals surface area contributed by atoms with Gasteiger partial charge in [0.15, 0.2) is 0 Å². The van der Waals surface area contributed by atoms with Crippen molar-refractivity contribution in [3.8, 4) is 0 Å². The molecule has 2 rings (SSSR count). The first kappa shape index (κ1) is 13.5. The lowest BCUT2D eigenvalue weighted by Gasteiger charge is -2.35. The summed E-state index contributed by atoms with van der Waals surface area (Å²) in [6, 6.07) is 0. The summed E-state index contributed by atoms with van der Waals surface area (Å²) in [7, 11) is 4.91. The summed E-state index contributed by atoms with van der Waals surface area (Å²) in [5.41, 5.74) is 0. The number of likely N-dealkylation sites (N-methyl/N-ethyl adjacent to an activating group) is 2. The minimum atomic E-state index is 0. The molecule has 0 aromatic carbocycles. The summed E-state index contributed by atoms with van der Waals surface area (Å²) in [6.07, 6.45) is 5.83. The molecule has 0 aromatic rings. The molecule has 15 heavy (non-hydrogen) atoms. The Hall–Kier alpha value is 0.400. The van der Waals surface area contributed by atoms with Crippen LogP contribution in [0.15, 0.2) is 0 Å². The first-order valence-electron chi connectivity index (χ1n) is 6.29. The second-order valence-electron chi connectivity index (χ2n) is 5.99. The van der Waals surface area contributed by atoms with E-state index >= 15 is 0 Å². The monoisotopic (exact) mass is 277 g/mol. The van der Waals surface area contributed by atoms with E-state index < -0.39 is 0 Å². The van der Waals surface area contributed by atoms with Gasteiger partial charge in [-0.1, -0.05) is 0 Å². The highest BCUT2D eigenvalue weighted by atomic mass is 79.9. The van der Waals surface area contributed by atoms with E-state index in [9.17, 15) is 0 Å². The SMILES string of the molecule is C[N+]1(CC[N+]2(C)CCCC2)CCCC1.[Br-]. The van der Waals surface area contributed by atoms with Gasteiger partial charge in [0.05, 0.1) is 40.3 Å². The third-order valence-corrected chi connectivity index (χ3v) is 4.47. The van der Waals surface area contributed by atoms with Crippen LogP contribution in [0.4, 0.5) is 0 Å². The van der Waals surface area contributed by atoms with E-state index in [1.165, 1.54) is 73.9 Å². The van der Waals surface area contributed by atoms with Crippen LogP contribution < -0.4 is 17.0 Å². The average molecular weight is 278 g/mol. The maximum absolute atomic E-state index is 2.45. The molecule has 2 fully saturated rings. The normalized spacial score (nSPS) is 27.6. The molecule has 0 unspecified atom stereocenters. The molecule has 0 aromatic heterocycles. The Morgan fingerprint density at radius 1 is 0.667 bits per heavy atom. The van der Waals surface area contributed by atoms with Crippen molar-refractivity contribution in [3.05, 3.63) is 0 Å². The number of halogens is 1. The molecule has 0 bridgehead atoms. The summed E-state index contributed by atoms with van der Waals surface area (Å²) in [5, 5.41) is 0. The summed E-state index contributed by atoms with van der Waals surface area (Å²) >= 11 is 0. The minimum Gasteiger partial charge on any atom is -1.00 e. The number of rotatable bonds is 3. The smallest absolute Gasteiger partial charge is 0.128 e. The predicted octanol–water partition coefficient (Wildman–Crippen LogP) is -1.53. The van der Waals surface area contributed by atoms with Gasteiger partial charge in [-0.05, 0) is 0 Å². The van der Waals surface area contributed by atoms with Crippen LogP contribution in [0.1, 0.15) is 25.7 Å². The zero-order valence-electron chi connectivity index (χ0n) is 10.3. The third kappa shape index (κ3) is 3.43. The lowest BCUT2D eigenvalue weighted by atomic mass is 10.3. The second-order valence-corrected chi connectivity index (χ2v) is 5.99. The Morgan fingerprint density at radius 3 is 1.20 bits per heavy atom. The zero-order valence-corrected chi connectivity index (χ0v) is 11.9. The molecule has 90 valence electrons. The van der Waals surface area contributed by atoms with Gasteiger partial charge < -0.3 is 25.9 Å². The van der Waals surface area contributed by atoms with Crippen molar-refractivity contribution in [2.24, 2.45) is 0 Å². The second kappa shape index (κ2) is 5.15. The highest BCUT2D eigenvalue weighted by Crippen LogP contribution is 2.20. The Bertz CT molecular complexity index is 172. The van der Waals surface area contributed by atoms with Crippen LogP contribution in [0.5, 0.6) is 0 Å².